The van der Waals surface area contributed by atoms with Gasteiger partial charge in [0.15, 0.2) is 0 Å². The van der Waals surface area contributed by atoms with Crippen molar-refractivity contribution in [2.45, 2.75) is 101 Å². The van der Waals surface area contributed by atoms with Crippen LogP contribution >= 0.6 is 0 Å². The molecule has 156 valence electrons. The molecule has 0 aromatic rings. The molecule has 3 aliphatic heterocycles. The van der Waals surface area contributed by atoms with E-state index in [1.807, 2.05) is 0 Å². The van der Waals surface area contributed by atoms with E-state index in [2.05, 4.69) is 10.6 Å². The maximum absolute atomic E-state index is 13.6. The Balaban J connectivity index is 1.52. The third kappa shape index (κ3) is 2.43. The summed E-state index contributed by atoms with van der Waals surface area (Å²) in [5.74, 6) is 2.41. The van der Waals surface area contributed by atoms with Crippen LogP contribution in [0.2, 0.25) is 0 Å². The molecule has 0 aromatic carbocycles. The molecule has 6 aliphatic rings. The molecule has 0 bridgehead atoms. The number of nitrogens with one attached hydrogen (secondary N) is 2. The molecule has 2 N–H and O–H groups in total. The van der Waals surface area contributed by atoms with Crippen LogP contribution in [0.1, 0.15) is 77.0 Å². The second kappa shape index (κ2) is 7.06. The molecule has 8 unspecified atom stereocenters. The summed E-state index contributed by atoms with van der Waals surface area (Å²) in [6.45, 7) is 2.20. The first kappa shape index (κ1) is 18.3. The molecule has 28 heavy (non-hydrogen) atoms. The first-order valence-electron chi connectivity index (χ1n) is 12.5. The molecule has 8 atom stereocenters. The van der Waals surface area contributed by atoms with Crippen LogP contribution in [0.4, 0.5) is 0 Å². The summed E-state index contributed by atoms with van der Waals surface area (Å²) in [5, 5.41) is 7.99. The van der Waals surface area contributed by atoms with E-state index in [9.17, 15) is 4.79 Å². The molecule has 6 rings (SSSR count). The van der Waals surface area contributed by atoms with E-state index >= 15 is 0 Å². The van der Waals surface area contributed by atoms with Crippen LogP contribution in [0.5, 0.6) is 0 Å². The number of hydrogen-bond donors (Lipinski definition) is 2. The van der Waals surface area contributed by atoms with Crippen molar-refractivity contribution in [1.82, 2.24) is 10.6 Å². The van der Waals surface area contributed by atoms with E-state index in [1.54, 1.807) is 0 Å². The predicted molar refractivity (Wildman–Crippen MR) is 109 cm³/mol. The Morgan fingerprint density at radius 3 is 1.71 bits per heavy atom. The zero-order valence-corrected chi connectivity index (χ0v) is 17.3. The van der Waals surface area contributed by atoms with E-state index in [-0.39, 0.29) is 17.3 Å². The second-order valence-corrected chi connectivity index (χ2v) is 10.8. The normalized spacial score (nSPS) is 53.6. The van der Waals surface area contributed by atoms with Gasteiger partial charge in [-0.15, -0.1) is 0 Å². The fraction of sp³-hybridized carbons (Fsp3) is 0.958. The zero-order valence-electron chi connectivity index (χ0n) is 17.3. The Hall–Kier alpha value is -0.450. The maximum Gasteiger partial charge on any atom is 0.142 e. The smallest absolute Gasteiger partial charge is 0.142 e. The standard InChI is InChI=1S/C24H38N2O2/c27-21-15-7-5-13-25-22(15)24(23-16(21)8-6-14-26-23)17-9-1-3-11-19(17)28-20-12-4-2-10-18(20)24/h15-20,22-23,25-26H,1-14H2. The fourth-order valence-corrected chi connectivity index (χ4v) is 8.99. The van der Waals surface area contributed by atoms with Gasteiger partial charge >= 0.3 is 0 Å². The number of Topliss-reactive ketones (excluding diaryl/α,β-unsaturated/α-hetero) is 1. The molecule has 0 aromatic heterocycles. The molecule has 3 aliphatic carbocycles. The molecule has 0 amide bonds. The maximum atomic E-state index is 13.6. The van der Waals surface area contributed by atoms with Crippen LogP contribution in [-0.4, -0.2) is 43.2 Å². The number of rotatable bonds is 0. The summed E-state index contributed by atoms with van der Waals surface area (Å²) in [7, 11) is 0. The monoisotopic (exact) mass is 386 g/mol. The Morgan fingerprint density at radius 2 is 1.18 bits per heavy atom. The third-order valence-electron chi connectivity index (χ3n) is 9.76. The molecule has 3 saturated heterocycles. The number of piperidine rings is 2. The highest BCUT2D eigenvalue weighted by Gasteiger charge is 2.69. The highest BCUT2D eigenvalue weighted by atomic mass is 16.5. The van der Waals surface area contributed by atoms with E-state index in [0.717, 1.165) is 25.9 Å². The van der Waals surface area contributed by atoms with Crippen molar-refractivity contribution in [3.63, 3.8) is 0 Å². The predicted octanol–water partition coefficient (Wildman–Crippen LogP) is 3.44. The summed E-state index contributed by atoms with van der Waals surface area (Å²) < 4.78 is 6.87. The van der Waals surface area contributed by atoms with Crippen LogP contribution < -0.4 is 10.6 Å². The Bertz CT molecular complexity index is 572. The molecular formula is C24H38N2O2. The van der Waals surface area contributed by atoms with Gasteiger partial charge in [-0.25, -0.2) is 0 Å². The topological polar surface area (TPSA) is 50.4 Å². The lowest BCUT2D eigenvalue weighted by Gasteiger charge is -2.69. The van der Waals surface area contributed by atoms with Gasteiger partial charge in [0.1, 0.15) is 5.78 Å². The Labute approximate surface area is 169 Å². The van der Waals surface area contributed by atoms with Gasteiger partial charge < -0.3 is 15.4 Å². The van der Waals surface area contributed by atoms with Crippen molar-refractivity contribution in [2.24, 2.45) is 29.1 Å². The van der Waals surface area contributed by atoms with Gasteiger partial charge in [0.25, 0.3) is 0 Å². The average Bonchev–Trinajstić information content (AvgIpc) is 2.77. The highest BCUT2D eigenvalue weighted by Crippen LogP contribution is 2.63. The van der Waals surface area contributed by atoms with Crippen molar-refractivity contribution in [3.05, 3.63) is 0 Å². The summed E-state index contributed by atoms with van der Waals surface area (Å²) in [6, 6.07) is 0.779. The molecule has 3 heterocycles. The minimum absolute atomic E-state index is 0.235. The van der Waals surface area contributed by atoms with Gasteiger partial charge in [-0.3, -0.25) is 4.79 Å². The first-order valence-corrected chi connectivity index (χ1v) is 12.5. The lowest BCUT2D eigenvalue weighted by Crippen LogP contribution is -2.78. The van der Waals surface area contributed by atoms with E-state index in [1.165, 1.54) is 64.2 Å². The quantitative estimate of drug-likeness (QED) is 0.670. The van der Waals surface area contributed by atoms with Crippen LogP contribution in [0, 0.1) is 29.1 Å². The molecule has 1 spiro atoms. The van der Waals surface area contributed by atoms with Crippen LogP contribution in [0.15, 0.2) is 0 Å². The third-order valence-corrected chi connectivity index (χ3v) is 9.76. The number of hydrogen-bond acceptors (Lipinski definition) is 4. The molecule has 4 nitrogen and oxygen atoms in total. The minimum atomic E-state index is 0.235. The average molecular weight is 387 g/mol. The lowest BCUT2D eigenvalue weighted by molar-refractivity contribution is -0.249. The number of ether oxygens (including phenoxy) is 1. The lowest BCUT2D eigenvalue weighted by atomic mass is 9.42. The zero-order chi connectivity index (χ0) is 18.7. The highest BCUT2D eigenvalue weighted by molar-refractivity contribution is 5.86. The van der Waals surface area contributed by atoms with E-state index in [4.69, 9.17) is 4.74 Å². The summed E-state index contributed by atoms with van der Waals surface area (Å²) in [4.78, 5) is 13.6. The fourth-order valence-electron chi connectivity index (χ4n) is 8.99. The van der Waals surface area contributed by atoms with E-state index in [0.29, 0.717) is 41.9 Å². The van der Waals surface area contributed by atoms with Crippen LogP contribution in [0.25, 0.3) is 0 Å². The molecule has 0 radical (unpaired) electrons. The largest absolute Gasteiger partial charge is 0.374 e. The summed E-state index contributed by atoms with van der Waals surface area (Å²) in [6.07, 6.45) is 16.0. The number of ketones is 1. The molecule has 4 heteroatoms. The van der Waals surface area contributed by atoms with Crippen molar-refractivity contribution in [2.75, 3.05) is 13.1 Å². The second-order valence-electron chi connectivity index (χ2n) is 10.8. The summed E-state index contributed by atoms with van der Waals surface area (Å²) in [5.41, 5.74) is 0.235. The van der Waals surface area contributed by atoms with Crippen LogP contribution in [-0.2, 0) is 9.53 Å². The molecular weight excluding hydrogens is 348 g/mol. The number of fused-ring (bicyclic) bond motifs is 8. The number of carbonyl (C=O) groups excluding carboxylic acids is 1. The Morgan fingerprint density at radius 1 is 0.679 bits per heavy atom. The van der Waals surface area contributed by atoms with E-state index < -0.39 is 0 Å². The summed E-state index contributed by atoms with van der Waals surface area (Å²) >= 11 is 0. The van der Waals surface area contributed by atoms with Crippen molar-refractivity contribution in [1.29, 1.82) is 0 Å². The first-order chi connectivity index (χ1) is 13.8. The van der Waals surface area contributed by atoms with Gasteiger partial charge in [0, 0.05) is 29.3 Å². The van der Waals surface area contributed by atoms with Gasteiger partial charge in [-0.2, -0.15) is 0 Å². The molecule has 3 saturated carbocycles. The van der Waals surface area contributed by atoms with Crippen molar-refractivity contribution in [3.8, 4) is 0 Å². The van der Waals surface area contributed by atoms with Gasteiger partial charge in [-0.1, -0.05) is 25.7 Å². The van der Waals surface area contributed by atoms with Gasteiger partial charge in [0.2, 0.25) is 0 Å². The van der Waals surface area contributed by atoms with Crippen molar-refractivity contribution >= 4 is 5.78 Å². The van der Waals surface area contributed by atoms with Crippen LogP contribution in [0.3, 0.4) is 0 Å². The Kier molecular flexibility index (Phi) is 4.62. The SMILES string of the molecule is O=C1C2CCCNC2C2(C3CCCCC3OC3CCCCC32)C2NCCCC12. The van der Waals surface area contributed by atoms with Gasteiger partial charge in [0.05, 0.1) is 12.2 Å². The molecule has 6 fully saturated rings. The number of carbonyl (C=O) groups is 1. The minimum Gasteiger partial charge on any atom is -0.374 e. The van der Waals surface area contributed by atoms with Crippen molar-refractivity contribution < 1.29 is 9.53 Å². The van der Waals surface area contributed by atoms with Gasteiger partial charge in [-0.05, 0) is 76.3 Å².